The number of carboxylic acid groups (broad SMARTS) is 1. The molecule has 128 valence electrons. The van der Waals surface area contributed by atoms with Gasteiger partial charge in [-0.15, -0.1) is 0 Å². The van der Waals surface area contributed by atoms with Crippen LogP contribution in [0, 0.1) is 0 Å². The van der Waals surface area contributed by atoms with Crippen LogP contribution in [-0.4, -0.2) is 24.2 Å². The zero-order valence-corrected chi connectivity index (χ0v) is 15.2. The van der Waals surface area contributed by atoms with Gasteiger partial charge in [-0.1, -0.05) is 46.3 Å². The molecule has 0 saturated carbocycles. The van der Waals surface area contributed by atoms with Crippen LogP contribution < -0.4 is 14.8 Å². The minimum Gasteiger partial charge on any atom is -0.493 e. The summed E-state index contributed by atoms with van der Waals surface area (Å²) in [6.07, 6.45) is 0. The van der Waals surface area contributed by atoms with Crippen molar-refractivity contribution in [1.82, 2.24) is 5.32 Å². The third-order valence-electron chi connectivity index (χ3n) is 3.51. The Morgan fingerprint density at radius 3 is 2.62 bits per heavy atom. The highest BCUT2D eigenvalue weighted by Gasteiger charge is 2.16. The summed E-state index contributed by atoms with van der Waals surface area (Å²) >= 11 is 3.44. The molecule has 0 radical (unpaired) electrons. The third kappa shape index (κ3) is 4.97. The van der Waals surface area contributed by atoms with Crippen molar-refractivity contribution in [3.63, 3.8) is 0 Å². The monoisotopic (exact) mass is 393 g/mol. The number of hydrogen-bond acceptors (Lipinski definition) is 4. The van der Waals surface area contributed by atoms with Gasteiger partial charge in [0.2, 0.25) is 0 Å². The molecule has 2 rings (SSSR count). The fourth-order valence-electron chi connectivity index (χ4n) is 2.15. The highest BCUT2D eigenvalue weighted by Crippen LogP contribution is 2.35. The summed E-state index contributed by atoms with van der Waals surface area (Å²) in [6.45, 7) is 2.36. The van der Waals surface area contributed by atoms with Crippen LogP contribution in [0.5, 0.6) is 11.5 Å². The number of aliphatic carboxylic acids is 1. The molecule has 0 aromatic heterocycles. The van der Waals surface area contributed by atoms with Gasteiger partial charge in [-0.3, -0.25) is 4.79 Å². The summed E-state index contributed by atoms with van der Waals surface area (Å²) in [6, 6.07) is 12.9. The standard InChI is InChI=1S/C18H20BrNO4/c1-12(18(21)22)20-10-14-8-15(19)9-16(23-2)17(14)24-11-13-6-4-3-5-7-13/h3-9,12,20H,10-11H2,1-2H3,(H,21,22). The van der Waals surface area contributed by atoms with E-state index in [9.17, 15) is 4.79 Å². The molecular weight excluding hydrogens is 374 g/mol. The van der Waals surface area contributed by atoms with E-state index in [2.05, 4.69) is 21.2 Å². The van der Waals surface area contributed by atoms with Crippen LogP contribution in [0.2, 0.25) is 0 Å². The molecule has 0 saturated heterocycles. The van der Waals surface area contributed by atoms with Crippen LogP contribution in [0.3, 0.4) is 0 Å². The first kappa shape index (κ1) is 18.3. The number of hydrogen-bond donors (Lipinski definition) is 2. The molecule has 0 fully saturated rings. The smallest absolute Gasteiger partial charge is 0.320 e. The quantitative estimate of drug-likeness (QED) is 0.716. The summed E-state index contributed by atoms with van der Waals surface area (Å²) in [5.41, 5.74) is 1.87. The molecule has 2 aromatic rings. The van der Waals surface area contributed by atoms with Crippen LogP contribution in [0.25, 0.3) is 0 Å². The lowest BCUT2D eigenvalue weighted by atomic mass is 10.1. The Bertz CT molecular complexity index is 691. The van der Waals surface area contributed by atoms with E-state index in [0.29, 0.717) is 24.7 Å². The summed E-state index contributed by atoms with van der Waals surface area (Å²) < 4.78 is 12.2. The van der Waals surface area contributed by atoms with Crippen molar-refractivity contribution in [2.75, 3.05) is 7.11 Å². The predicted octanol–water partition coefficient (Wildman–Crippen LogP) is 3.60. The van der Waals surface area contributed by atoms with E-state index >= 15 is 0 Å². The highest BCUT2D eigenvalue weighted by molar-refractivity contribution is 9.10. The number of carboxylic acids is 1. The second-order valence-electron chi connectivity index (χ2n) is 5.31. The van der Waals surface area contributed by atoms with Crippen molar-refractivity contribution in [2.45, 2.75) is 26.1 Å². The molecule has 24 heavy (non-hydrogen) atoms. The van der Waals surface area contributed by atoms with Gasteiger partial charge in [0.25, 0.3) is 0 Å². The van der Waals surface area contributed by atoms with Crippen LogP contribution in [0.4, 0.5) is 0 Å². The van der Waals surface area contributed by atoms with Crippen LogP contribution >= 0.6 is 15.9 Å². The van der Waals surface area contributed by atoms with Gasteiger partial charge in [0, 0.05) is 16.6 Å². The van der Waals surface area contributed by atoms with Gasteiger partial charge in [0.1, 0.15) is 12.6 Å². The summed E-state index contributed by atoms with van der Waals surface area (Å²) in [5, 5.41) is 12.0. The molecule has 0 aliphatic carbocycles. The summed E-state index contributed by atoms with van der Waals surface area (Å²) in [5.74, 6) is 0.304. The van der Waals surface area contributed by atoms with Crippen molar-refractivity contribution in [2.24, 2.45) is 0 Å². The first-order valence-corrected chi connectivity index (χ1v) is 8.30. The van der Waals surface area contributed by atoms with Gasteiger partial charge >= 0.3 is 5.97 Å². The molecule has 1 atom stereocenters. The number of ether oxygens (including phenoxy) is 2. The minimum atomic E-state index is -0.899. The molecule has 1 unspecified atom stereocenters. The van der Waals surface area contributed by atoms with Crippen LogP contribution in [0.15, 0.2) is 46.9 Å². The molecule has 0 heterocycles. The second kappa shape index (κ2) is 8.70. The minimum absolute atomic E-state index is 0.355. The Labute approximate surface area is 149 Å². The lowest BCUT2D eigenvalue weighted by Gasteiger charge is -2.17. The maximum absolute atomic E-state index is 11.0. The van der Waals surface area contributed by atoms with Crippen molar-refractivity contribution in [3.8, 4) is 11.5 Å². The first-order valence-electron chi connectivity index (χ1n) is 7.50. The van der Waals surface area contributed by atoms with Crippen molar-refractivity contribution >= 4 is 21.9 Å². The normalized spacial score (nSPS) is 11.8. The Hall–Kier alpha value is -2.05. The van der Waals surface area contributed by atoms with E-state index in [4.69, 9.17) is 14.6 Å². The lowest BCUT2D eigenvalue weighted by molar-refractivity contribution is -0.139. The fraction of sp³-hybridized carbons (Fsp3) is 0.278. The van der Waals surface area contributed by atoms with E-state index in [1.54, 1.807) is 14.0 Å². The molecule has 2 N–H and O–H groups in total. The number of carbonyl (C=O) groups is 1. The Morgan fingerprint density at radius 1 is 1.29 bits per heavy atom. The zero-order chi connectivity index (χ0) is 17.5. The number of halogens is 1. The Morgan fingerprint density at radius 2 is 2.00 bits per heavy atom. The molecule has 5 nitrogen and oxygen atoms in total. The largest absolute Gasteiger partial charge is 0.493 e. The first-order chi connectivity index (χ1) is 11.5. The van der Waals surface area contributed by atoms with E-state index in [1.165, 1.54) is 0 Å². The SMILES string of the molecule is COc1cc(Br)cc(CNC(C)C(=O)O)c1OCc1ccccc1. The van der Waals surface area contributed by atoms with E-state index < -0.39 is 12.0 Å². The summed E-state index contributed by atoms with van der Waals surface area (Å²) in [7, 11) is 1.58. The fourth-order valence-corrected chi connectivity index (χ4v) is 2.63. The van der Waals surface area contributed by atoms with Crippen molar-refractivity contribution in [1.29, 1.82) is 0 Å². The van der Waals surface area contributed by atoms with Crippen molar-refractivity contribution < 1.29 is 19.4 Å². The molecule has 6 heteroatoms. The zero-order valence-electron chi connectivity index (χ0n) is 13.6. The summed E-state index contributed by atoms with van der Waals surface area (Å²) in [4.78, 5) is 11.0. The van der Waals surface area contributed by atoms with Gasteiger partial charge in [0.15, 0.2) is 11.5 Å². The maximum Gasteiger partial charge on any atom is 0.320 e. The molecule has 0 aliphatic rings. The van der Waals surface area contributed by atoms with Gasteiger partial charge in [0.05, 0.1) is 7.11 Å². The van der Waals surface area contributed by atoms with Crippen molar-refractivity contribution in [3.05, 3.63) is 58.1 Å². The highest BCUT2D eigenvalue weighted by atomic mass is 79.9. The number of benzene rings is 2. The van der Waals surface area contributed by atoms with E-state index in [0.717, 1.165) is 15.6 Å². The average molecular weight is 394 g/mol. The second-order valence-corrected chi connectivity index (χ2v) is 6.23. The molecule has 0 aliphatic heterocycles. The topological polar surface area (TPSA) is 67.8 Å². The Kier molecular flexibility index (Phi) is 6.63. The van der Waals surface area contributed by atoms with Gasteiger partial charge in [-0.25, -0.2) is 0 Å². The van der Waals surface area contributed by atoms with Crippen LogP contribution in [-0.2, 0) is 17.9 Å². The van der Waals surface area contributed by atoms with E-state index in [-0.39, 0.29) is 0 Å². The molecule has 0 bridgehead atoms. The van der Waals surface area contributed by atoms with Gasteiger partial charge < -0.3 is 19.9 Å². The third-order valence-corrected chi connectivity index (χ3v) is 3.97. The number of rotatable bonds is 8. The molecule has 0 spiro atoms. The Balaban J connectivity index is 2.21. The average Bonchev–Trinajstić information content (AvgIpc) is 2.58. The molecular formula is C18H20BrNO4. The maximum atomic E-state index is 11.0. The number of nitrogens with one attached hydrogen (secondary N) is 1. The van der Waals surface area contributed by atoms with Crippen LogP contribution in [0.1, 0.15) is 18.1 Å². The predicted molar refractivity (Wildman–Crippen MR) is 95.4 cm³/mol. The molecule has 0 amide bonds. The molecule has 2 aromatic carbocycles. The van der Waals surface area contributed by atoms with E-state index in [1.807, 2.05) is 42.5 Å². The van der Waals surface area contributed by atoms with Gasteiger partial charge in [-0.2, -0.15) is 0 Å². The lowest BCUT2D eigenvalue weighted by Crippen LogP contribution is -2.33. The number of methoxy groups -OCH3 is 1. The van der Waals surface area contributed by atoms with Gasteiger partial charge in [-0.05, 0) is 24.6 Å².